The Balaban J connectivity index is 1.37. The molecule has 0 spiro atoms. The maximum Gasteiger partial charge on any atom is 0.266 e. The average Bonchev–Trinajstić information content (AvgIpc) is 3.21. The fourth-order valence-electron chi connectivity index (χ4n) is 3.21. The minimum Gasteiger partial charge on any atom is -0.454 e. The van der Waals surface area contributed by atoms with Crippen molar-refractivity contribution >= 4 is 5.91 Å². The van der Waals surface area contributed by atoms with Crippen LogP contribution < -0.4 is 20.3 Å². The lowest BCUT2D eigenvalue weighted by Gasteiger charge is -2.09. The Bertz CT molecular complexity index is 1150. The zero-order chi connectivity index (χ0) is 21.1. The van der Waals surface area contributed by atoms with Gasteiger partial charge in [-0.25, -0.2) is 4.68 Å². The number of hydrogen-bond acceptors (Lipinski definition) is 5. The molecule has 1 aliphatic rings. The predicted octanol–water partition coefficient (Wildman–Crippen LogP) is 2.96. The monoisotopic (exact) mass is 405 g/mol. The summed E-state index contributed by atoms with van der Waals surface area (Å²) in [7, 11) is 0. The van der Waals surface area contributed by atoms with Crippen LogP contribution in [0.5, 0.6) is 11.5 Å². The molecule has 7 nitrogen and oxygen atoms in total. The van der Waals surface area contributed by atoms with Crippen molar-refractivity contribution < 1.29 is 14.3 Å². The summed E-state index contributed by atoms with van der Waals surface area (Å²) in [5.41, 5.74) is 4.70. The first-order valence-electron chi connectivity index (χ1n) is 9.80. The van der Waals surface area contributed by atoms with Crippen molar-refractivity contribution in [2.24, 2.45) is 0 Å². The predicted molar refractivity (Wildman–Crippen MR) is 112 cm³/mol. The molecule has 0 saturated carbocycles. The third-order valence-corrected chi connectivity index (χ3v) is 5.15. The highest BCUT2D eigenvalue weighted by Crippen LogP contribution is 2.32. The minimum absolute atomic E-state index is 0.155. The second kappa shape index (κ2) is 8.41. The van der Waals surface area contributed by atoms with Crippen LogP contribution >= 0.6 is 0 Å². The summed E-state index contributed by atoms with van der Waals surface area (Å²) in [4.78, 5) is 24.4. The van der Waals surface area contributed by atoms with Gasteiger partial charge in [-0.3, -0.25) is 9.59 Å². The van der Waals surface area contributed by atoms with E-state index in [2.05, 4.69) is 17.3 Å². The number of nitrogens with zero attached hydrogens (tertiary/aromatic N) is 2. The van der Waals surface area contributed by atoms with Gasteiger partial charge in [0.2, 0.25) is 12.7 Å². The van der Waals surface area contributed by atoms with E-state index in [4.69, 9.17) is 9.47 Å². The van der Waals surface area contributed by atoms with Crippen molar-refractivity contribution in [3.8, 4) is 22.8 Å². The number of benzene rings is 2. The molecule has 1 amide bonds. The fraction of sp³-hybridized carbons (Fsp3) is 0.261. The highest BCUT2D eigenvalue weighted by Gasteiger charge is 2.13. The van der Waals surface area contributed by atoms with Gasteiger partial charge in [-0.2, -0.15) is 5.10 Å². The molecule has 2 heterocycles. The lowest BCUT2D eigenvalue weighted by atomic mass is 10.0. The number of nitrogens with one attached hydrogen (secondary N) is 1. The molecule has 2 aromatic carbocycles. The van der Waals surface area contributed by atoms with E-state index in [1.54, 1.807) is 6.07 Å². The summed E-state index contributed by atoms with van der Waals surface area (Å²) < 4.78 is 12.0. The molecule has 30 heavy (non-hydrogen) atoms. The van der Waals surface area contributed by atoms with Gasteiger partial charge in [0.1, 0.15) is 0 Å². The second-order valence-corrected chi connectivity index (χ2v) is 7.29. The molecular formula is C23H23N3O4. The zero-order valence-corrected chi connectivity index (χ0v) is 17.0. The molecule has 0 bridgehead atoms. The lowest BCUT2D eigenvalue weighted by Crippen LogP contribution is -2.28. The standard InChI is InChI=1S/C23H23N3O4/c1-15-3-5-18(11-16(15)2)19-6-8-23(28)26(25-19)10-9-22(27)24-13-17-4-7-20-21(12-17)30-14-29-20/h3-8,11-12H,9-10,13-14H2,1-2H3,(H,24,27). The first-order valence-corrected chi connectivity index (χ1v) is 9.80. The molecule has 7 heteroatoms. The first kappa shape index (κ1) is 19.7. The van der Waals surface area contributed by atoms with Gasteiger partial charge in [-0.1, -0.05) is 18.2 Å². The molecule has 1 N–H and O–H groups in total. The lowest BCUT2D eigenvalue weighted by molar-refractivity contribution is -0.121. The Morgan fingerprint density at radius 1 is 1.03 bits per heavy atom. The molecule has 0 aliphatic carbocycles. The summed E-state index contributed by atoms with van der Waals surface area (Å²) in [6, 6.07) is 14.8. The van der Waals surface area contributed by atoms with Crippen molar-refractivity contribution in [3.05, 3.63) is 75.6 Å². The van der Waals surface area contributed by atoms with Crippen molar-refractivity contribution in [1.82, 2.24) is 15.1 Å². The maximum atomic E-state index is 12.3. The van der Waals surface area contributed by atoms with Gasteiger partial charge in [-0.05, 0) is 54.8 Å². The summed E-state index contributed by atoms with van der Waals surface area (Å²) in [6.07, 6.45) is 0.161. The molecule has 1 aliphatic heterocycles. The van der Waals surface area contributed by atoms with Crippen molar-refractivity contribution in [1.29, 1.82) is 0 Å². The number of carbonyl (C=O) groups excluding carboxylic acids is 1. The Kier molecular flexibility index (Phi) is 5.52. The molecule has 1 aromatic heterocycles. The van der Waals surface area contributed by atoms with E-state index in [9.17, 15) is 9.59 Å². The highest BCUT2D eigenvalue weighted by atomic mass is 16.7. The Morgan fingerprint density at radius 3 is 2.70 bits per heavy atom. The Morgan fingerprint density at radius 2 is 1.87 bits per heavy atom. The molecule has 0 fully saturated rings. The van der Waals surface area contributed by atoms with Crippen molar-refractivity contribution in [2.75, 3.05) is 6.79 Å². The third-order valence-electron chi connectivity index (χ3n) is 5.15. The minimum atomic E-state index is -0.230. The summed E-state index contributed by atoms with van der Waals surface area (Å²) >= 11 is 0. The largest absolute Gasteiger partial charge is 0.454 e. The second-order valence-electron chi connectivity index (χ2n) is 7.29. The molecule has 3 aromatic rings. The molecule has 0 saturated heterocycles. The first-order chi connectivity index (χ1) is 14.5. The molecule has 0 atom stereocenters. The van der Waals surface area contributed by atoms with E-state index in [1.807, 2.05) is 43.3 Å². The summed E-state index contributed by atoms with van der Waals surface area (Å²) in [5, 5.41) is 7.30. The number of fused-ring (bicyclic) bond motifs is 1. The van der Waals surface area contributed by atoms with Crippen LogP contribution in [0, 0.1) is 13.8 Å². The molecule has 0 radical (unpaired) electrons. The van der Waals surface area contributed by atoms with Crippen LogP contribution in [-0.2, 0) is 17.9 Å². The van der Waals surface area contributed by atoms with E-state index in [1.165, 1.54) is 16.3 Å². The molecule has 4 rings (SSSR count). The van der Waals surface area contributed by atoms with Gasteiger partial charge in [0.15, 0.2) is 11.5 Å². The number of ether oxygens (including phenoxy) is 2. The van der Waals surface area contributed by atoms with Gasteiger partial charge >= 0.3 is 0 Å². The van der Waals surface area contributed by atoms with Crippen LogP contribution in [0.25, 0.3) is 11.3 Å². The van der Waals surface area contributed by atoms with E-state index in [-0.39, 0.29) is 31.2 Å². The third kappa shape index (κ3) is 4.35. The smallest absolute Gasteiger partial charge is 0.266 e. The number of rotatable bonds is 6. The van der Waals surface area contributed by atoms with E-state index in [0.29, 0.717) is 23.7 Å². The summed E-state index contributed by atoms with van der Waals surface area (Å²) in [5.74, 6) is 1.23. The van der Waals surface area contributed by atoms with E-state index in [0.717, 1.165) is 16.7 Å². The molecular weight excluding hydrogens is 382 g/mol. The van der Waals surface area contributed by atoms with Gasteiger partial charge < -0.3 is 14.8 Å². The van der Waals surface area contributed by atoms with Crippen molar-refractivity contribution in [2.45, 2.75) is 33.4 Å². The maximum absolute atomic E-state index is 12.3. The van der Waals surface area contributed by atoms with Crippen molar-refractivity contribution in [3.63, 3.8) is 0 Å². The van der Waals surface area contributed by atoms with Crippen LogP contribution in [-0.4, -0.2) is 22.5 Å². The normalized spacial score (nSPS) is 12.1. The SMILES string of the molecule is Cc1ccc(-c2ccc(=O)n(CCC(=O)NCc3ccc4c(c3)OCO4)n2)cc1C. The average molecular weight is 405 g/mol. The zero-order valence-electron chi connectivity index (χ0n) is 17.0. The van der Waals surface area contributed by atoms with Gasteiger partial charge in [0.25, 0.3) is 5.56 Å². The van der Waals surface area contributed by atoms with Gasteiger partial charge in [0.05, 0.1) is 12.2 Å². The topological polar surface area (TPSA) is 82.5 Å². The van der Waals surface area contributed by atoms with Gasteiger partial charge in [0, 0.05) is 24.6 Å². The van der Waals surface area contributed by atoms with Crippen LogP contribution in [0.2, 0.25) is 0 Å². The fourth-order valence-corrected chi connectivity index (χ4v) is 3.21. The van der Waals surface area contributed by atoms with E-state index < -0.39 is 0 Å². The van der Waals surface area contributed by atoms with Crippen LogP contribution in [0.3, 0.4) is 0 Å². The van der Waals surface area contributed by atoms with Gasteiger partial charge in [-0.15, -0.1) is 0 Å². The van der Waals surface area contributed by atoms with E-state index >= 15 is 0 Å². The molecule has 0 unspecified atom stereocenters. The number of carbonyl (C=O) groups is 1. The van der Waals surface area contributed by atoms with Crippen LogP contribution in [0.15, 0.2) is 53.3 Å². The van der Waals surface area contributed by atoms with Crippen LogP contribution in [0.4, 0.5) is 0 Å². The molecule has 154 valence electrons. The Labute approximate surface area is 174 Å². The number of hydrogen-bond donors (Lipinski definition) is 1. The van der Waals surface area contributed by atoms with Crippen LogP contribution in [0.1, 0.15) is 23.1 Å². The number of aryl methyl sites for hydroxylation is 3. The highest BCUT2D eigenvalue weighted by molar-refractivity contribution is 5.75. The number of aromatic nitrogens is 2. The quantitative estimate of drug-likeness (QED) is 0.682. The summed E-state index contributed by atoms with van der Waals surface area (Å²) in [6.45, 7) is 4.90. The Hall–Kier alpha value is -3.61. The number of amides is 1.